The highest BCUT2D eigenvalue weighted by Gasteiger charge is 2.23. The van der Waals surface area contributed by atoms with Crippen LogP contribution in [0, 0.1) is 0 Å². The van der Waals surface area contributed by atoms with Gasteiger partial charge in [-0.3, -0.25) is 9.10 Å². The molecule has 0 radical (unpaired) electrons. The molecular formula is C23H23ClN2O4S. The van der Waals surface area contributed by atoms with E-state index >= 15 is 0 Å². The number of hydrogen-bond acceptors (Lipinski definition) is 4. The second kappa shape index (κ2) is 9.85. The Bertz CT molecular complexity index is 1150. The molecule has 6 nitrogen and oxygen atoms in total. The van der Waals surface area contributed by atoms with Crippen molar-refractivity contribution in [3.8, 4) is 5.75 Å². The molecule has 0 atom stereocenters. The quantitative estimate of drug-likeness (QED) is 0.550. The number of carbonyl (C=O) groups is 1. The summed E-state index contributed by atoms with van der Waals surface area (Å²) in [5, 5.41) is 3.50. The predicted molar refractivity (Wildman–Crippen MR) is 123 cm³/mol. The topological polar surface area (TPSA) is 75.7 Å². The zero-order chi connectivity index (χ0) is 22.4. The normalized spacial score (nSPS) is 11.1. The molecule has 8 heteroatoms. The van der Waals surface area contributed by atoms with Gasteiger partial charge >= 0.3 is 0 Å². The van der Waals surface area contributed by atoms with Crippen LogP contribution in [0.15, 0.2) is 77.7 Å². The SMILES string of the molecule is COc1ccccc1N(C)S(=O)(=O)c1ccc(C(=O)NCCc2ccc(Cl)cc2)cc1. The molecule has 0 saturated heterocycles. The number of hydrogen-bond donors (Lipinski definition) is 1. The lowest BCUT2D eigenvalue weighted by molar-refractivity contribution is 0.0954. The minimum atomic E-state index is -3.81. The molecule has 0 heterocycles. The van der Waals surface area contributed by atoms with E-state index in [2.05, 4.69) is 5.32 Å². The van der Waals surface area contributed by atoms with Crippen LogP contribution in [-0.2, 0) is 16.4 Å². The van der Waals surface area contributed by atoms with E-state index in [4.69, 9.17) is 16.3 Å². The molecule has 0 aromatic heterocycles. The molecule has 3 aromatic rings. The highest BCUT2D eigenvalue weighted by molar-refractivity contribution is 7.92. The number of amides is 1. The Balaban J connectivity index is 1.66. The van der Waals surface area contributed by atoms with Crippen molar-refractivity contribution in [2.45, 2.75) is 11.3 Å². The molecule has 3 aromatic carbocycles. The van der Waals surface area contributed by atoms with Crippen molar-refractivity contribution < 1.29 is 17.9 Å². The van der Waals surface area contributed by atoms with E-state index in [0.29, 0.717) is 35.0 Å². The lowest BCUT2D eigenvalue weighted by Crippen LogP contribution is -2.27. The molecule has 0 bridgehead atoms. The fourth-order valence-electron chi connectivity index (χ4n) is 3.03. The first kappa shape index (κ1) is 22.7. The highest BCUT2D eigenvalue weighted by atomic mass is 35.5. The van der Waals surface area contributed by atoms with Crippen LogP contribution in [0.2, 0.25) is 5.02 Å². The van der Waals surface area contributed by atoms with Crippen molar-refractivity contribution in [1.29, 1.82) is 0 Å². The number of rotatable bonds is 8. The van der Waals surface area contributed by atoms with Crippen LogP contribution in [0.5, 0.6) is 5.75 Å². The summed E-state index contributed by atoms with van der Waals surface area (Å²) in [4.78, 5) is 12.5. The summed E-state index contributed by atoms with van der Waals surface area (Å²) in [6, 6.07) is 20.1. The molecule has 0 unspecified atom stereocenters. The second-order valence-electron chi connectivity index (χ2n) is 6.80. The summed E-state index contributed by atoms with van der Waals surface area (Å²) in [5.41, 5.74) is 1.87. The number of sulfonamides is 1. The summed E-state index contributed by atoms with van der Waals surface area (Å²) in [5.74, 6) is 0.182. The summed E-state index contributed by atoms with van der Waals surface area (Å²) in [7, 11) is -0.864. The lowest BCUT2D eigenvalue weighted by Gasteiger charge is -2.21. The third-order valence-corrected chi connectivity index (χ3v) is 6.85. The molecule has 0 aliphatic heterocycles. The largest absolute Gasteiger partial charge is 0.495 e. The van der Waals surface area contributed by atoms with Crippen LogP contribution in [0.4, 0.5) is 5.69 Å². The molecule has 0 aliphatic rings. The maximum atomic E-state index is 13.0. The Morgan fingerprint density at radius 2 is 1.65 bits per heavy atom. The van der Waals surface area contributed by atoms with Gasteiger partial charge in [-0.25, -0.2) is 8.42 Å². The van der Waals surface area contributed by atoms with E-state index in [1.54, 1.807) is 36.4 Å². The van der Waals surface area contributed by atoms with Gasteiger partial charge in [0.05, 0.1) is 17.7 Å². The number of carbonyl (C=O) groups excluding carboxylic acids is 1. The van der Waals surface area contributed by atoms with Crippen LogP contribution in [-0.4, -0.2) is 35.0 Å². The smallest absolute Gasteiger partial charge is 0.264 e. The van der Waals surface area contributed by atoms with Crippen LogP contribution in [0.1, 0.15) is 15.9 Å². The molecule has 0 aliphatic carbocycles. The Hall–Kier alpha value is -3.03. The maximum Gasteiger partial charge on any atom is 0.264 e. The zero-order valence-corrected chi connectivity index (χ0v) is 18.8. The predicted octanol–water partition coefficient (Wildman–Crippen LogP) is 4.15. The van der Waals surface area contributed by atoms with Gasteiger partial charge in [0.2, 0.25) is 0 Å². The van der Waals surface area contributed by atoms with Gasteiger partial charge in [0.15, 0.2) is 0 Å². The molecule has 31 heavy (non-hydrogen) atoms. The molecule has 1 amide bonds. The third-order valence-electron chi connectivity index (χ3n) is 4.81. The summed E-state index contributed by atoms with van der Waals surface area (Å²) in [6.45, 7) is 0.455. The van der Waals surface area contributed by atoms with E-state index in [0.717, 1.165) is 9.87 Å². The van der Waals surface area contributed by atoms with Gasteiger partial charge in [-0.15, -0.1) is 0 Å². The summed E-state index contributed by atoms with van der Waals surface area (Å²) in [6.07, 6.45) is 0.666. The van der Waals surface area contributed by atoms with Crippen molar-refractivity contribution in [3.63, 3.8) is 0 Å². The average Bonchev–Trinajstić information content (AvgIpc) is 2.79. The third kappa shape index (κ3) is 5.37. The van der Waals surface area contributed by atoms with Crippen molar-refractivity contribution >= 4 is 33.2 Å². The van der Waals surface area contributed by atoms with Crippen LogP contribution in [0.25, 0.3) is 0 Å². The number of halogens is 1. The minimum absolute atomic E-state index is 0.0821. The standard InChI is InChI=1S/C23H23ClN2O4S/c1-26(21-5-3-4-6-22(21)30-2)31(28,29)20-13-9-18(10-14-20)23(27)25-16-15-17-7-11-19(24)12-8-17/h3-14H,15-16H2,1-2H3,(H,25,27). The summed E-state index contributed by atoms with van der Waals surface area (Å²) >= 11 is 5.87. The van der Waals surface area contributed by atoms with Gasteiger partial charge in [-0.1, -0.05) is 35.9 Å². The second-order valence-corrected chi connectivity index (χ2v) is 9.21. The maximum absolute atomic E-state index is 13.0. The number of nitrogens with one attached hydrogen (secondary N) is 1. The van der Waals surface area contributed by atoms with E-state index in [1.165, 1.54) is 38.4 Å². The van der Waals surface area contributed by atoms with Crippen LogP contribution in [0.3, 0.4) is 0 Å². The first-order chi connectivity index (χ1) is 14.8. The number of benzene rings is 3. The average molecular weight is 459 g/mol. The Kier molecular flexibility index (Phi) is 7.20. The van der Waals surface area contributed by atoms with E-state index in [9.17, 15) is 13.2 Å². The van der Waals surface area contributed by atoms with E-state index < -0.39 is 10.0 Å². The molecule has 162 valence electrons. The fraction of sp³-hybridized carbons (Fsp3) is 0.174. The lowest BCUT2D eigenvalue weighted by atomic mass is 10.1. The van der Waals surface area contributed by atoms with Gasteiger partial charge < -0.3 is 10.1 Å². The van der Waals surface area contributed by atoms with E-state index in [-0.39, 0.29) is 10.8 Å². The molecule has 1 N–H and O–H groups in total. The number of nitrogens with zero attached hydrogens (tertiary/aromatic N) is 1. The van der Waals surface area contributed by atoms with Crippen molar-refractivity contribution in [1.82, 2.24) is 5.32 Å². The van der Waals surface area contributed by atoms with Gasteiger partial charge in [0, 0.05) is 24.2 Å². The highest BCUT2D eigenvalue weighted by Crippen LogP contribution is 2.30. The number of ether oxygens (including phenoxy) is 1. The summed E-state index contributed by atoms with van der Waals surface area (Å²) < 4.78 is 32.4. The fourth-order valence-corrected chi connectivity index (χ4v) is 4.36. The number of para-hydroxylation sites is 2. The molecule has 3 rings (SSSR count). The minimum Gasteiger partial charge on any atom is -0.495 e. The van der Waals surface area contributed by atoms with Gasteiger partial charge in [0.1, 0.15) is 5.75 Å². The van der Waals surface area contributed by atoms with Crippen LogP contribution >= 0.6 is 11.6 Å². The first-order valence-electron chi connectivity index (χ1n) is 9.57. The molecule has 0 saturated carbocycles. The zero-order valence-electron chi connectivity index (χ0n) is 17.2. The Morgan fingerprint density at radius 3 is 2.29 bits per heavy atom. The van der Waals surface area contributed by atoms with Crippen molar-refractivity contribution in [3.05, 3.63) is 88.9 Å². The molecular weight excluding hydrogens is 436 g/mol. The first-order valence-corrected chi connectivity index (χ1v) is 11.4. The Morgan fingerprint density at radius 1 is 1.00 bits per heavy atom. The number of methoxy groups -OCH3 is 1. The van der Waals surface area contributed by atoms with Crippen LogP contribution < -0.4 is 14.4 Å². The molecule has 0 fully saturated rings. The van der Waals surface area contributed by atoms with Crippen molar-refractivity contribution in [2.75, 3.05) is 25.0 Å². The number of anilines is 1. The van der Waals surface area contributed by atoms with Crippen molar-refractivity contribution in [2.24, 2.45) is 0 Å². The Labute approximate surface area is 187 Å². The van der Waals surface area contributed by atoms with E-state index in [1.807, 2.05) is 12.1 Å². The monoisotopic (exact) mass is 458 g/mol. The molecule has 0 spiro atoms. The van der Waals surface area contributed by atoms with Gasteiger partial charge in [0.25, 0.3) is 15.9 Å². The van der Waals surface area contributed by atoms with Gasteiger partial charge in [-0.05, 0) is 60.5 Å². The van der Waals surface area contributed by atoms with Gasteiger partial charge in [-0.2, -0.15) is 0 Å².